The van der Waals surface area contributed by atoms with Crippen LogP contribution < -0.4 is 5.32 Å². The number of anilines is 1. The molecule has 1 atom stereocenters. The molecule has 4 aromatic rings. The van der Waals surface area contributed by atoms with Gasteiger partial charge in [0.2, 0.25) is 5.91 Å². The molecule has 1 amide bonds. The van der Waals surface area contributed by atoms with Crippen LogP contribution in [0.15, 0.2) is 71.3 Å². The molecule has 0 aliphatic rings. The molecule has 0 fully saturated rings. The summed E-state index contributed by atoms with van der Waals surface area (Å²) in [4.78, 5) is 19.3. The van der Waals surface area contributed by atoms with Gasteiger partial charge in [0, 0.05) is 36.8 Å². The first kappa shape index (κ1) is 23.3. The van der Waals surface area contributed by atoms with Gasteiger partial charge >= 0.3 is 0 Å². The van der Waals surface area contributed by atoms with Crippen molar-refractivity contribution >= 4 is 44.9 Å². The van der Waals surface area contributed by atoms with Crippen LogP contribution in [0.3, 0.4) is 0 Å². The summed E-state index contributed by atoms with van der Waals surface area (Å²) in [6.07, 6.45) is 2.51. The number of hydrogen-bond donors (Lipinski definition) is 1. The molecule has 0 radical (unpaired) electrons. The minimum Gasteiger partial charge on any atom is -0.370 e. The second-order valence-electron chi connectivity index (χ2n) is 7.91. The summed E-state index contributed by atoms with van der Waals surface area (Å²) in [5.41, 5.74) is 3.36. The molecule has 2 heterocycles. The van der Waals surface area contributed by atoms with Gasteiger partial charge in [0.05, 0.1) is 22.3 Å². The minimum absolute atomic E-state index is 0.115. The summed E-state index contributed by atoms with van der Waals surface area (Å²) in [5, 5.41) is 8.51. The Morgan fingerprint density at radius 2 is 1.91 bits per heavy atom. The zero-order valence-corrected chi connectivity index (χ0v) is 20.8. The predicted octanol–water partition coefficient (Wildman–Crippen LogP) is 5.88. The summed E-state index contributed by atoms with van der Waals surface area (Å²) in [6, 6.07) is 19.4. The smallest absolute Gasteiger partial charge is 0.229 e. The van der Waals surface area contributed by atoms with Gasteiger partial charge in [-0.15, -0.1) is 0 Å². The number of carbonyl (C=O) groups is 1. The number of fused-ring (bicyclic) bond motifs is 1. The molecule has 0 bridgehead atoms. The van der Waals surface area contributed by atoms with Crippen molar-refractivity contribution in [1.29, 1.82) is 0 Å². The first-order valence-electron chi connectivity index (χ1n) is 10.8. The lowest BCUT2D eigenvalue weighted by Crippen LogP contribution is -2.32. The van der Waals surface area contributed by atoms with Crippen molar-refractivity contribution in [2.45, 2.75) is 19.3 Å². The van der Waals surface area contributed by atoms with E-state index in [1.807, 2.05) is 74.6 Å². The Bertz CT molecular complexity index is 1260. The van der Waals surface area contributed by atoms with Crippen LogP contribution >= 0.6 is 27.5 Å². The van der Waals surface area contributed by atoms with Crippen LogP contribution in [0.4, 0.5) is 5.82 Å². The average molecular weight is 527 g/mol. The molecule has 0 saturated heterocycles. The van der Waals surface area contributed by atoms with Crippen LogP contribution in [0.25, 0.3) is 16.9 Å². The molecular weight excluding hydrogens is 502 g/mol. The van der Waals surface area contributed by atoms with Crippen molar-refractivity contribution in [3.63, 3.8) is 0 Å². The Kier molecular flexibility index (Phi) is 7.30. The lowest BCUT2D eigenvalue weighted by Gasteiger charge is -2.22. The Labute approximate surface area is 206 Å². The largest absolute Gasteiger partial charge is 0.370 e. The number of aromatic nitrogens is 3. The zero-order valence-electron chi connectivity index (χ0n) is 18.5. The molecule has 0 saturated carbocycles. The topological polar surface area (TPSA) is 62.5 Å². The number of carbonyl (C=O) groups excluding carboxylic acids is 1. The van der Waals surface area contributed by atoms with Crippen molar-refractivity contribution in [2.24, 2.45) is 0 Å². The van der Waals surface area contributed by atoms with E-state index < -0.39 is 0 Å². The third-order valence-electron chi connectivity index (χ3n) is 5.60. The molecule has 0 aliphatic carbocycles. The fourth-order valence-electron chi connectivity index (χ4n) is 3.73. The van der Waals surface area contributed by atoms with E-state index in [0.29, 0.717) is 23.8 Å². The SMILES string of the molecule is CC(C(=O)N(C)CCCNc1cc(-c2ccccc2Cl)nc2c(Br)cnn12)c1ccccc1. The van der Waals surface area contributed by atoms with Gasteiger partial charge in [-0.2, -0.15) is 9.61 Å². The highest BCUT2D eigenvalue weighted by atomic mass is 79.9. The van der Waals surface area contributed by atoms with Crippen LogP contribution in [0.1, 0.15) is 24.8 Å². The fourth-order valence-corrected chi connectivity index (χ4v) is 4.31. The Morgan fingerprint density at radius 1 is 1.18 bits per heavy atom. The standard InChI is InChI=1S/C25H25BrClN5O/c1-17(18-9-4-3-5-10-18)25(33)31(2)14-8-13-28-23-15-22(19-11-6-7-12-21(19)27)30-24-20(26)16-29-32(23)24/h3-7,9-12,15-17,28H,8,13-14H2,1-2H3. The molecule has 170 valence electrons. The van der Waals surface area contributed by atoms with Crippen LogP contribution in [0.2, 0.25) is 5.02 Å². The second kappa shape index (κ2) is 10.4. The van der Waals surface area contributed by atoms with E-state index in [4.69, 9.17) is 16.6 Å². The van der Waals surface area contributed by atoms with Crippen molar-refractivity contribution in [3.8, 4) is 11.3 Å². The van der Waals surface area contributed by atoms with E-state index in [-0.39, 0.29) is 11.8 Å². The van der Waals surface area contributed by atoms with Gasteiger partial charge in [0.15, 0.2) is 5.65 Å². The van der Waals surface area contributed by atoms with E-state index in [1.54, 1.807) is 15.6 Å². The summed E-state index contributed by atoms with van der Waals surface area (Å²) in [5.74, 6) is 0.764. The van der Waals surface area contributed by atoms with Gasteiger partial charge in [-0.25, -0.2) is 4.98 Å². The van der Waals surface area contributed by atoms with Gasteiger partial charge in [0.1, 0.15) is 5.82 Å². The maximum Gasteiger partial charge on any atom is 0.229 e. The molecule has 2 aromatic heterocycles. The zero-order chi connectivity index (χ0) is 23.4. The number of rotatable bonds is 8. The van der Waals surface area contributed by atoms with Gasteiger partial charge in [-0.1, -0.05) is 60.1 Å². The number of benzene rings is 2. The number of nitrogens with zero attached hydrogens (tertiary/aromatic N) is 4. The summed E-state index contributed by atoms with van der Waals surface area (Å²) >= 11 is 9.93. The maximum absolute atomic E-state index is 12.8. The third-order valence-corrected chi connectivity index (χ3v) is 6.49. The van der Waals surface area contributed by atoms with Gasteiger partial charge in [-0.05, 0) is 40.9 Å². The number of hydrogen-bond acceptors (Lipinski definition) is 4. The van der Waals surface area contributed by atoms with Crippen molar-refractivity contribution in [1.82, 2.24) is 19.5 Å². The molecule has 2 aromatic carbocycles. The monoisotopic (exact) mass is 525 g/mol. The highest BCUT2D eigenvalue weighted by Crippen LogP contribution is 2.30. The lowest BCUT2D eigenvalue weighted by molar-refractivity contribution is -0.131. The van der Waals surface area contributed by atoms with Gasteiger partial charge in [-0.3, -0.25) is 4.79 Å². The van der Waals surface area contributed by atoms with E-state index >= 15 is 0 Å². The normalized spacial score (nSPS) is 12.0. The maximum atomic E-state index is 12.8. The van der Waals surface area contributed by atoms with Crippen LogP contribution in [0, 0.1) is 0 Å². The van der Waals surface area contributed by atoms with Crippen LogP contribution in [-0.2, 0) is 4.79 Å². The van der Waals surface area contributed by atoms with Gasteiger partial charge < -0.3 is 10.2 Å². The summed E-state index contributed by atoms with van der Waals surface area (Å²) in [6.45, 7) is 3.28. The highest BCUT2D eigenvalue weighted by molar-refractivity contribution is 9.10. The highest BCUT2D eigenvalue weighted by Gasteiger charge is 2.19. The molecule has 0 spiro atoms. The fraction of sp³-hybridized carbons (Fsp3) is 0.240. The number of nitrogens with one attached hydrogen (secondary N) is 1. The molecule has 1 N–H and O–H groups in total. The van der Waals surface area contributed by atoms with Crippen molar-refractivity contribution < 1.29 is 4.79 Å². The predicted molar refractivity (Wildman–Crippen MR) is 137 cm³/mol. The molecule has 4 rings (SSSR count). The van der Waals surface area contributed by atoms with Crippen molar-refractivity contribution in [2.75, 3.05) is 25.5 Å². The number of amides is 1. The summed E-state index contributed by atoms with van der Waals surface area (Å²) in [7, 11) is 1.85. The Balaban J connectivity index is 1.43. The Hall–Kier alpha value is -2.90. The van der Waals surface area contributed by atoms with Crippen LogP contribution in [-0.4, -0.2) is 45.5 Å². The molecule has 1 unspecified atom stereocenters. The quantitative estimate of drug-likeness (QED) is 0.291. The first-order chi connectivity index (χ1) is 16.0. The van der Waals surface area contributed by atoms with E-state index in [9.17, 15) is 4.79 Å². The molecule has 0 aliphatic heterocycles. The molecule has 33 heavy (non-hydrogen) atoms. The third kappa shape index (κ3) is 5.20. The summed E-state index contributed by atoms with van der Waals surface area (Å²) < 4.78 is 2.57. The molecule has 6 nitrogen and oxygen atoms in total. The van der Waals surface area contributed by atoms with E-state index in [2.05, 4.69) is 26.3 Å². The minimum atomic E-state index is -0.163. The van der Waals surface area contributed by atoms with Crippen LogP contribution in [0.5, 0.6) is 0 Å². The molecule has 8 heteroatoms. The van der Waals surface area contributed by atoms with Gasteiger partial charge in [0.25, 0.3) is 0 Å². The Morgan fingerprint density at radius 3 is 2.67 bits per heavy atom. The average Bonchev–Trinajstić information content (AvgIpc) is 3.22. The lowest BCUT2D eigenvalue weighted by atomic mass is 10.00. The first-order valence-corrected chi connectivity index (χ1v) is 12.0. The molecular formula is C25H25BrClN5O. The van der Waals surface area contributed by atoms with E-state index in [1.165, 1.54) is 0 Å². The second-order valence-corrected chi connectivity index (χ2v) is 9.17. The van der Waals surface area contributed by atoms with E-state index in [0.717, 1.165) is 33.5 Å². The van der Waals surface area contributed by atoms with Crippen molar-refractivity contribution in [3.05, 3.63) is 81.9 Å². The number of likely N-dealkylation sites (N-methyl/N-ethyl adjacent to an activating group) is 1. The number of halogens is 2.